The van der Waals surface area contributed by atoms with Crippen molar-refractivity contribution in [3.05, 3.63) is 28.2 Å². The van der Waals surface area contributed by atoms with Crippen LogP contribution in [0.25, 0.3) is 0 Å². The minimum absolute atomic E-state index is 0.0122. The predicted molar refractivity (Wildman–Crippen MR) is 68.5 cm³/mol. The summed E-state index contributed by atoms with van der Waals surface area (Å²) in [5.41, 5.74) is 1.97. The third-order valence-electron chi connectivity index (χ3n) is 2.52. The van der Waals surface area contributed by atoms with Gasteiger partial charge in [0.15, 0.2) is 0 Å². The Morgan fingerprint density at radius 2 is 2.25 bits per heavy atom. The molecule has 1 aromatic rings. The zero-order valence-corrected chi connectivity index (χ0v) is 10.8. The van der Waals surface area contributed by atoms with E-state index in [2.05, 4.69) is 26.6 Å². The smallest absolute Gasteiger partial charge is 0.238 e. The summed E-state index contributed by atoms with van der Waals surface area (Å²) in [6, 6.07) is 6.47. The van der Waals surface area contributed by atoms with Crippen molar-refractivity contribution in [1.29, 1.82) is 0 Å². The Bertz CT molecular complexity index is 402. The minimum Gasteiger partial charge on any atom is -0.324 e. The minimum atomic E-state index is 0.0122. The summed E-state index contributed by atoms with van der Waals surface area (Å²) in [6.45, 7) is 2.40. The highest BCUT2D eigenvalue weighted by molar-refractivity contribution is 9.10. The van der Waals surface area contributed by atoms with E-state index in [1.165, 1.54) is 12.8 Å². The average molecular weight is 283 g/mol. The van der Waals surface area contributed by atoms with Crippen molar-refractivity contribution in [2.75, 3.05) is 11.9 Å². The molecule has 1 aromatic carbocycles. The third-order valence-corrected chi connectivity index (χ3v) is 3.22. The van der Waals surface area contributed by atoms with Crippen molar-refractivity contribution in [1.82, 2.24) is 5.32 Å². The van der Waals surface area contributed by atoms with Crippen LogP contribution in [0.2, 0.25) is 0 Å². The molecule has 0 aromatic heterocycles. The molecule has 0 bridgehead atoms. The van der Waals surface area contributed by atoms with Gasteiger partial charge < -0.3 is 10.6 Å². The molecule has 1 aliphatic carbocycles. The Hall–Kier alpha value is -0.870. The highest BCUT2D eigenvalue weighted by Crippen LogP contribution is 2.23. The molecule has 0 heterocycles. The Morgan fingerprint density at radius 3 is 2.94 bits per heavy atom. The van der Waals surface area contributed by atoms with E-state index in [1.807, 2.05) is 25.1 Å². The fourth-order valence-electron chi connectivity index (χ4n) is 1.45. The fraction of sp³-hybridized carbons (Fsp3) is 0.417. The highest BCUT2D eigenvalue weighted by Gasteiger charge is 2.21. The van der Waals surface area contributed by atoms with Crippen molar-refractivity contribution in [3.8, 4) is 0 Å². The number of benzene rings is 1. The van der Waals surface area contributed by atoms with E-state index in [-0.39, 0.29) is 5.91 Å². The molecule has 2 rings (SSSR count). The van der Waals surface area contributed by atoms with E-state index in [9.17, 15) is 4.79 Å². The van der Waals surface area contributed by atoms with Gasteiger partial charge >= 0.3 is 0 Å². The molecule has 16 heavy (non-hydrogen) atoms. The number of carbonyl (C=O) groups excluding carboxylic acids is 1. The summed E-state index contributed by atoms with van der Waals surface area (Å²) in [5.74, 6) is 0.0122. The second-order valence-corrected chi connectivity index (χ2v) is 5.04. The van der Waals surface area contributed by atoms with Gasteiger partial charge in [0.2, 0.25) is 5.91 Å². The van der Waals surface area contributed by atoms with Crippen LogP contribution in [-0.2, 0) is 4.79 Å². The highest BCUT2D eigenvalue weighted by atomic mass is 79.9. The standard InChI is InChI=1S/C12H15BrN2O/c1-8-2-5-10(13)11(6-8)15-12(16)7-14-9-3-4-9/h2,5-6,9,14H,3-4,7H2,1H3,(H,15,16). The van der Waals surface area contributed by atoms with Gasteiger partial charge in [-0.15, -0.1) is 0 Å². The molecule has 0 radical (unpaired) electrons. The van der Waals surface area contributed by atoms with Crippen molar-refractivity contribution in [2.24, 2.45) is 0 Å². The molecular formula is C12H15BrN2O. The Morgan fingerprint density at radius 1 is 1.50 bits per heavy atom. The van der Waals surface area contributed by atoms with Crippen molar-refractivity contribution in [3.63, 3.8) is 0 Å². The quantitative estimate of drug-likeness (QED) is 0.891. The first kappa shape index (κ1) is 11.6. The van der Waals surface area contributed by atoms with E-state index in [0.29, 0.717) is 12.6 Å². The van der Waals surface area contributed by atoms with Crippen molar-refractivity contribution >= 4 is 27.5 Å². The normalized spacial score (nSPS) is 14.9. The number of amides is 1. The average Bonchev–Trinajstić information content (AvgIpc) is 3.04. The summed E-state index contributed by atoms with van der Waals surface area (Å²) >= 11 is 3.42. The maximum absolute atomic E-state index is 11.6. The van der Waals surface area contributed by atoms with E-state index in [1.54, 1.807) is 0 Å². The first-order valence-corrected chi connectivity index (χ1v) is 6.24. The number of hydrogen-bond acceptors (Lipinski definition) is 2. The van der Waals surface area contributed by atoms with Gasteiger partial charge in [0.05, 0.1) is 12.2 Å². The van der Waals surface area contributed by atoms with Gasteiger partial charge in [0, 0.05) is 10.5 Å². The van der Waals surface area contributed by atoms with Crippen molar-refractivity contribution in [2.45, 2.75) is 25.8 Å². The Kier molecular flexibility index (Phi) is 3.61. The van der Waals surface area contributed by atoms with Crippen LogP contribution in [-0.4, -0.2) is 18.5 Å². The number of nitrogens with one attached hydrogen (secondary N) is 2. The predicted octanol–water partition coefficient (Wildman–Crippen LogP) is 2.45. The first-order valence-electron chi connectivity index (χ1n) is 5.44. The van der Waals surface area contributed by atoms with Gasteiger partial charge in [-0.3, -0.25) is 4.79 Å². The van der Waals surface area contributed by atoms with Gasteiger partial charge in [-0.25, -0.2) is 0 Å². The van der Waals surface area contributed by atoms with Crippen LogP contribution in [0.1, 0.15) is 18.4 Å². The second kappa shape index (κ2) is 4.97. The van der Waals surface area contributed by atoms with Crippen LogP contribution < -0.4 is 10.6 Å². The molecule has 1 aliphatic rings. The molecule has 0 unspecified atom stereocenters. The van der Waals surface area contributed by atoms with Crippen LogP contribution in [0.5, 0.6) is 0 Å². The van der Waals surface area contributed by atoms with Crippen LogP contribution in [0.15, 0.2) is 22.7 Å². The molecule has 0 atom stereocenters. The van der Waals surface area contributed by atoms with Crippen LogP contribution >= 0.6 is 15.9 Å². The molecule has 1 fully saturated rings. The number of hydrogen-bond donors (Lipinski definition) is 2. The summed E-state index contributed by atoms with van der Waals surface area (Å²) in [7, 11) is 0. The molecule has 0 spiro atoms. The summed E-state index contributed by atoms with van der Waals surface area (Å²) < 4.78 is 0.915. The molecule has 86 valence electrons. The fourth-order valence-corrected chi connectivity index (χ4v) is 1.80. The van der Waals surface area contributed by atoms with Crippen LogP contribution in [0, 0.1) is 6.92 Å². The van der Waals surface area contributed by atoms with Gasteiger partial charge in [-0.05, 0) is 53.4 Å². The zero-order valence-electron chi connectivity index (χ0n) is 9.22. The molecule has 1 amide bonds. The maximum atomic E-state index is 11.6. The number of rotatable bonds is 4. The Balaban J connectivity index is 1.91. The first-order chi connectivity index (χ1) is 7.65. The molecular weight excluding hydrogens is 268 g/mol. The Labute approximate surface area is 104 Å². The molecule has 1 saturated carbocycles. The zero-order chi connectivity index (χ0) is 11.5. The number of aryl methyl sites for hydroxylation is 1. The number of halogens is 1. The summed E-state index contributed by atoms with van der Waals surface area (Å²) in [4.78, 5) is 11.6. The van der Waals surface area contributed by atoms with Gasteiger partial charge in [0.25, 0.3) is 0 Å². The van der Waals surface area contributed by atoms with Gasteiger partial charge in [-0.1, -0.05) is 6.07 Å². The number of carbonyl (C=O) groups is 1. The SMILES string of the molecule is Cc1ccc(Br)c(NC(=O)CNC2CC2)c1. The van der Waals surface area contributed by atoms with Crippen molar-refractivity contribution < 1.29 is 4.79 Å². The van der Waals surface area contributed by atoms with Gasteiger partial charge in [-0.2, -0.15) is 0 Å². The lowest BCUT2D eigenvalue weighted by atomic mass is 10.2. The molecule has 4 heteroatoms. The van der Waals surface area contributed by atoms with E-state index < -0.39 is 0 Å². The van der Waals surface area contributed by atoms with E-state index >= 15 is 0 Å². The lowest BCUT2D eigenvalue weighted by molar-refractivity contribution is -0.115. The van der Waals surface area contributed by atoms with E-state index in [4.69, 9.17) is 0 Å². The number of anilines is 1. The lowest BCUT2D eigenvalue weighted by Crippen LogP contribution is -2.29. The largest absolute Gasteiger partial charge is 0.324 e. The maximum Gasteiger partial charge on any atom is 0.238 e. The molecule has 0 saturated heterocycles. The summed E-state index contributed by atoms with van der Waals surface area (Å²) in [5, 5.41) is 6.07. The lowest BCUT2D eigenvalue weighted by Gasteiger charge is -2.08. The molecule has 0 aliphatic heterocycles. The van der Waals surface area contributed by atoms with Crippen LogP contribution in [0.4, 0.5) is 5.69 Å². The second-order valence-electron chi connectivity index (χ2n) is 4.19. The van der Waals surface area contributed by atoms with E-state index in [0.717, 1.165) is 15.7 Å². The van der Waals surface area contributed by atoms with Crippen LogP contribution in [0.3, 0.4) is 0 Å². The molecule has 2 N–H and O–H groups in total. The molecule has 3 nitrogen and oxygen atoms in total. The topological polar surface area (TPSA) is 41.1 Å². The summed E-state index contributed by atoms with van der Waals surface area (Å²) in [6.07, 6.45) is 2.39. The monoisotopic (exact) mass is 282 g/mol. The third kappa shape index (κ3) is 3.32. The van der Waals surface area contributed by atoms with Gasteiger partial charge in [0.1, 0.15) is 0 Å².